The van der Waals surface area contributed by atoms with E-state index < -0.39 is 0 Å². The van der Waals surface area contributed by atoms with Crippen molar-refractivity contribution in [1.82, 2.24) is 10.3 Å². The van der Waals surface area contributed by atoms with Crippen LogP contribution in [0.2, 0.25) is 0 Å². The highest BCUT2D eigenvalue weighted by atomic mass is 16.5. The standard InChI is InChI=1S/C11H16N2O/c1-9-4-5-11(7-13-9)14-8-10-3-2-6-12-10/h4-5,7,10,12H,2-3,6,8H2,1H3/t10-/m0/s1. The highest BCUT2D eigenvalue weighted by Crippen LogP contribution is 2.11. The third-order valence-corrected chi connectivity index (χ3v) is 2.50. The number of rotatable bonds is 3. The number of nitrogens with one attached hydrogen (secondary N) is 1. The number of ether oxygens (including phenoxy) is 1. The summed E-state index contributed by atoms with van der Waals surface area (Å²) in [7, 11) is 0. The lowest BCUT2D eigenvalue weighted by molar-refractivity contribution is 0.276. The highest BCUT2D eigenvalue weighted by Gasteiger charge is 2.14. The Balaban J connectivity index is 1.82. The van der Waals surface area contributed by atoms with Crippen molar-refractivity contribution < 1.29 is 4.74 Å². The first-order chi connectivity index (χ1) is 6.84. The lowest BCUT2D eigenvalue weighted by Gasteiger charge is -2.11. The van der Waals surface area contributed by atoms with Crippen LogP contribution in [-0.2, 0) is 0 Å². The average molecular weight is 192 g/mol. The number of aryl methyl sites for hydroxylation is 1. The quantitative estimate of drug-likeness (QED) is 0.788. The molecule has 1 aromatic heterocycles. The molecule has 0 bridgehead atoms. The predicted octanol–water partition coefficient (Wildman–Crippen LogP) is 1.52. The van der Waals surface area contributed by atoms with Crippen LogP contribution in [0.15, 0.2) is 18.3 Å². The van der Waals surface area contributed by atoms with Crippen LogP contribution in [0.5, 0.6) is 5.75 Å². The first kappa shape index (κ1) is 9.46. The summed E-state index contributed by atoms with van der Waals surface area (Å²) < 4.78 is 5.62. The average Bonchev–Trinajstić information content (AvgIpc) is 2.70. The van der Waals surface area contributed by atoms with Gasteiger partial charge >= 0.3 is 0 Å². The Labute approximate surface area is 84.5 Å². The van der Waals surface area contributed by atoms with E-state index in [0.29, 0.717) is 6.04 Å². The summed E-state index contributed by atoms with van der Waals surface area (Å²) in [5, 5.41) is 3.39. The first-order valence-electron chi connectivity index (χ1n) is 5.13. The van der Waals surface area contributed by atoms with Gasteiger partial charge in [-0.05, 0) is 38.4 Å². The third-order valence-electron chi connectivity index (χ3n) is 2.50. The molecule has 1 aliphatic rings. The molecule has 0 aromatic carbocycles. The van der Waals surface area contributed by atoms with Crippen molar-refractivity contribution in [1.29, 1.82) is 0 Å². The maximum Gasteiger partial charge on any atom is 0.137 e. The number of pyridine rings is 1. The molecule has 1 atom stereocenters. The van der Waals surface area contributed by atoms with Gasteiger partial charge in [-0.25, -0.2) is 0 Å². The van der Waals surface area contributed by atoms with Crippen molar-refractivity contribution in [3.8, 4) is 5.75 Å². The zero-order valence-electron chi connectivity index (χ0n) is 8.49. The molecule has 0 radical (unpaired) electrons. The summed E-state index contributed by atoms with van der Waals surface area (Å²) in [6, 6.07) is 4.46. The van der Waals surface area contributed by atoms with Crippen LogP contribution in [0.1, 0.15) is 18.5 Å². The Morgan fingerprint density at radius 3 is 3.14 bits per heavy atom. The molecule has 3 nitrogen and oxygen atoms in total. The van der Waals surface area contributed by atoms with Gasteiger partial charge in [0.15, 0.2) is 0 Å². The van der Waals surface area contributed by atoms with Crippen molar-refractivity contribution in [3.05, 3.63) is 24.0 Å². The summed E-state index contributed by atoms with van der Waals surface area (Å²) in [5.74, 6) is 0.865. The van der Waals surface area contributed by atoms with Gasteiger partial charge in [-0.2, -0.15) is 0 Å². The van der Waals surface area contributed by atoms with Crippen LogP contribution in [-0.4, -0.2) is 24.2 Å². The van der Waals surface area contributed by atoms with Crippen molar-refractivity contribution in [2.24, 2.45) is 0 Å². The second-order valence-electron chi connectivity index (χ2n) is 3.74. The van der Waals surface area contributed by atoms with E-state index in [0.717, 1.165) is 24.6 Å². The Hall–Kier alpha value is -1.09. The largest absolute Gasteiger partial charge is 0.490 e. The van der Waals surface area contributed by atoms with Gasteiger partial charge in [0, 0.05) is 11.7 Å². The topological polar surface area (TPSA) is 34.1 Å². The number of nitrogens with zero attached hydrogens (tertiary/aromatic N) is 1. The predicted molar refractivity (Wildman–Crippen MR) is 55.5 cm³/mol. The zero-order valence-corrected chi connectivity index (χ0v) is 8.49. The molecular formula is C11H16N2O. The zero-order chi connectivity index (χ0) is 9.80. The first-order valence-corrected chi connectivity index (χ1v) is 5.13. The molecule has 2 heterocycles. The minimum Gasteiger partial charge on any atom is -0.490 e. The molecule has 0 spiro atoms. The van der Waals surface area contributed by atoms with Crippen molar-refractivity contribution in [3.63, 3.8) is 0 Å². The van der Waals surface area contributed by atoms with Crippen LogP contribution in [0, 0.1) is 6.92 Å². The summed E-state index contributed by atoms with van der Waals surface area (Å²) in [5.41, 5.74) is 1.02. The lowest BCUT2D eigenvalue weighted by Crippen LogP contribution is -2.28. The SMILES string of the molecule is Cc1ccc(OC[C@@H]2CCCN2)cn1. The summed E-state index contributed by atoms with van der Waals surface area (Å²) in [4.78, 5) is 4.18. The molecule has 0 saturated carbocycles. The molecule has 3 heteroatoms. The summed E-state index contributed by atoms with van der Waals surface area (Å²) >= 11 is 0. The maximum atomic E-state index is 5.62. The Bertz CT molecular complexity index is 278. The fourth-order valence-electron chi connectivity index (χ4n) is 1.64. The van der Waals surface area contributed by atoms with Gasteiger partial charge in [0.2, 0.25) is 0 Å². The van der Waals surface area contributed by atoms with Crippen molar-refractivity contribution in [2.75, 3.05) is 13.2 Å². The van der Waals surface area contributed by atoms with Gasteiger partial charge in [0.25, 0.3) is 0 Å². The second-order valence-corrected chi connectivity index (χ2v) is 3.74. The summed E-state index contributed by atoms with van der Waals surface area (Å²) in [6.07, 6.45) is 4.27. The number of aromatic nitrogens is 1. The van der Waals surface area contributed by atoms with E-state index in [2.05, 4.69) is 10.3 Å². The van der Waals surface area contributed by atoms with E-state index >= 15 is 0 Å². The lowest BCUT2D eigenvalue weighted by atomic mass is 10.2. The molecule has 14 heavy (non-hydrogen) atoms. The molecular weight excluding hydrogens is 176 g/mol. The van der Waals surface area contributed by atoms with Crippen molar-refractivity contribution >= 4 is 0 Å². The normalized spacial score (nSPS) is 21.1. The molecule has 0 amide bonds. The van der Waals surface area contributed by atoms with Crippen LogP contribution in [0.3, 0.4) is 0 Å². The second kappa shape index (κ2) is 4.42. The van der Waals surface area contributed by atoms with Gasteiger partial charge in [0.1, 0.15) is 12.4 Å². The van der Waals surface area contributed by atoms with E-state index in [1.165, 1.54) is 12.8 Å². The van der Waals surface area contributed by atoms with Crippen LogP contribution < -0.4 is 10.1 Å². The van der Waals surface area contributed by atoms with Gasteiger partial charge < -0.3 is 10.1 Å². The molecule has 1 aliphatic heterocycles. The van der Waals surface area contributed by atoms with Crippen LogP contribution in [0.25, 0.3) is 0 Å². The number of hydrogen-bond acceptors (Lipinski definition) is 3. The third kappa shape index (κ3) is 2.45. The van der Waals surface area contributed by atoms with Crippen molar-refractivity contribution in [2.45, 2.75) is 25.8 Å². The molecule has 2 rings (SSSR count). The van der Waals surface area contributed by atoms with Crippen LogP contribution in [0.4, 0.5) is 0 Å². The smallest absolute Gasteiger partial charge is 0.137 e. The molecule has 1 fully saturated rings. The Kier molecular flexibility index (Phi) is 2.99. The van der Waals surface area contributed by atoms with E-state index in [9.17, 15) is 0 Å². The van der Waals surface area contributed by atoms with Gasteiger partial charge in [-0.3, -0.25) is 4.98 Å². The monoisotopic (exact) mass is 192 g/mol. The molecule has 1 N–H and O–H groups in total. The number of hydrogen-bond donors (Lipinski definition) is 1. The van der Waals surface area contributed by atoms with E-state index in [1.54, 1.807) is 6.20 Å². The highest BCUT2D eigenvalue weighted by molar-refractivity contribution is 5.19. The maximum absolute atomic E-state index is 5.62. The minimum absolute atomic E-state index is 0.524. The molecule has 76 valence electrons. The molecule has 0 aliphatic carbocycles. The van der Waals surface area contributed by atoms with Gasteiger partial charge in [0.05, 0.1) is 6.20 Å². The summed E-state index contributed by atoms with van der Waals surface area (Å²) in [6.45, 7) is 3.85. The van der Waals surface area contributed by atoms with E-state index in [1.807, 2.05) is 19.1 Å². The van der Waals surface area contributed by atoms with Gasteiger partial charge in [-0.1, -0.05) is 0 Å². The van der Waals surface area contributed by atoms with Gasteiger partial charge in [-0.15, -0.1) is 0 Å². The molecule has 1 saturated heterocycles. The Morgan fingerprint density at radius 2 is 2.50 bits per heavy atom. The Morgan fingerprint density at radius 1 is 1.57 bits per heavy atom. The molecule has 0 unspecified atom stereocenters. The van der Waals surface area contributed by atoms with Crippen LogP contribution >= 0.6 is 0 Å². The fourth-order valence-corrected chi connectivity index (χ4v) is 1.64. The van der Waals surface area contributed by atoms with E-state index in [4.69, 9.17) is 4.74 Å². The molecule has 1 aromatic rings. The fraction of sp³-hybridized carbons (Fsp3) is 0.545. The minimum atomic E-state index is 0.524. The van der Waals surface area contributed by atoms with E-state index in [-0.39, 0.29) is 0 Å².